The number of aliphatic hydroxyl groups is 1. The van der Waals surface area contributed by atoms with E-state index >= 15 is 0 Å². The van der Waals surface area contributed by atoms with Crippen LogP contribution in [0, 0.1) is 0 Å². The van der Waals surface area contributed by atoms with Crippen molar-refractivity contribution in [1.29, 1.82) is 0 Å². The Hall–Kier alpha value is -1.73. The van der Waals surface area contributed by atoms with E-state index in [4.69, 9.17) is 9.63 Å². The molecule has 0 aromatic carbocycles. The van der Waals surface area contributed by atoms with Crippen molar-refractivity contribution in [3.63, 3.8) is 0 Å². The molecule has 0 atom stereocenters. The van der Waals surface area contributed by atoms with Crippen LogP contribution < -0.4 is 10.9 Å². The van der Waals surface area contributed by atoms with Gasteiger partial charge in [0.1, 0.15) is 17.0 Å². The van der Waals surface area contributed by atoms with Gasteiger partial charge in [0.15, 0.2) is 0 Å². The quantitative estimate of drug-likeness (QED) is 0.694. The molecule has 2 aromatic heterocycles. The molecule has 3 rings (SSSR count). The summed E-state index contributed by atoms with van der Waals surface area (Å²) in [5.41, 5.74) is 1.30. The van der Waals surface area contributed by atoms with Gasteiger partial charge in [-0.2, -0.15) is 0 Å². The van der Waals surface area contributed by atoms with Gasteiger partial charge in [-0.3, -0.25) is 4.79 Å². The summed E-state index contributed by atoms with van der Waals surface area (Å²) in [4.78, 5) is 19.1. The molecule has 1 saturated carbocycles. The van der Waals surface area contributed by atoms with E-state index in [1.807, 2.05) is 0 Å². The first-order valence-corrected chi connectivity index (χ1v) is 6.99. The van der Waals surface area contributed by atoms with E-state index in [1.54, 1.807) is 0 Å². The maximum atomic E-state index is 12.0. The normalized spacial score (nSPS) is 16.2. The smallest absolute Gasteiger partial charge is 0.297 e. The zero-order chi connectivity index (χ0) is 13.9. The van der Waals surface area contributed by atoms with Gasteiger partial charge in [-0.25, -0.2) is 4.98 Å². The Morgan fingerprint density at radius 1 is 1.40 bits per heavy atom. The first kappa shape index (κ1) is 13.3. The topological polar surface area (TPSA) is 104 Å². The van der Waals surface area contributed by atoms with Crippen LogP contribution in [0.2, 0.25) is 0 Å². The second kappa shape index (κ2) is 5.72. The van der Waals surface area contributed by atoms with Crippen molar-refractivity contribution >= 4 is 11.1 Å². The lowest BCUT2D eigenvalue weighted by molar-refractivity contribution is 0.291. The number of nitrogens with zero attached hydrogens (tertiary/aromatic N) is 2. The van der Waals surface area contributed by atoms with Gasteiger partial charge in [0.05, 0.1) is 13.2 Å². The van der Waals surface area contributed by atoms with E-state index in [-0.39, 0.29) is 17.7 Å². The largest absolute Gasteiger partial charge is 0.395 e. The molecule has 0 aliphatic heterocycles. The lowest BCUT2D eigenvalue weighted by Crippen LogP contribution is -2.21. The first-order chi connectivity index (χ1) is 9.79. The molecule has 0 bridgehead atoms. The van der Waals surface area contributed by atoms with Gasteiger partial charge in [-0.1, -0.05) is 18.0 Å². The Bertz CT molecular complexity index is 643. The predicted octanol–water partition coefficient (Wildman–Crippen LogP) is 0.651. The van der Waals surface area contributed by atoms with E-state index < -0.39 is 0 Å². The molecule has 2 aromatic rings. The predicted molar refractivity (Wildman–Crippen MR) is 72.4 cm³/mol. The summed E-state index contributed by atoms with van der Waals surface area (Å²) in [6.45, 7) is 0.912. The van der Waals surface area contributed by atoms with E-state index in [0.717, 1.165) is 18.5 Å². The van der Waals surface area contributed by atoms with E-state index in [9.17, 15) is 4.79 Å². The average Bonchev–Trinajstić information content (AvgIpc) is 3.06. The minimum atomic E-state index is -0.299. The van der Waals surface area contributed by atoms with Gasteiger partial charge < -0.3 is 19.9 Å². The second-order valence-electron chi connectivity index (χ2n) is 5.14. The van der Waals surface area contributed by atoms with Gasteiger partial charge in [0.25, 0.3) is 5.56 Å². The van der Waals surface area contributed by atoms with Crippen molar-refractivity contribution in [3.05, 3.63) is 21.9 Å². The van der Waals surface area contributed by atoms with E-state index in [1.165, 1.54) is 12.8 Å². The molecule has 1 aliphatic carbocycles. The fourth-order valence-electron chi connectivity index (χ4n) is 2.74. The van der Waals surface area contributed by atoms with Crippen LogP contribution in [0.25, 0.3) is 11.1 Å². The fourth-order valence-corrected chi connectivity index (χ4v) is 2.74. The van der Waals surface area contributed by atoms with Crippen LogP contribution in [0.3, 0.4) is 0 Å². The van der Waals surface area contributed by atoms with E-state index in [0.29, 0.717) is 30.3 Å². The number of H-pyrrole nitrogens is 1. The number of fused-ring (bicyclic) bond motifs is 1. The molecule has 0 unspecified atom stereocenters. The van der Waals surface area contributed by atoms with Crippen LogP contribution in [0.1, 0.15) is 43.1 Å². The fraction of sp³-hybridized carbons (Fsp3) is 0.615. The Labute approximate surface area is 115 Å². The Kier molecular flexibility index (Phi) is 3.79. The Morgan fingerprint density at radius 3 is 2.95 bits per heavy atom. The van der Waals surface area contributed by atoms with Crippen molar-refractivity contribution < 1.29 is 9.63 Å². The maximum Gasteiger partial charge on any atom is 0.297 e. The molecule has 20 heavy (non-hydrogen) atoms. The number of aromatic amines is 1. The van der Waals surface area contributed by atoms with Crippen molar-refractivity contribution in [2.75, 3.05) is 13.2 Å². The molecule has 3 N–H and O–H groups in total. The number of aromatic nitrogens is 3. The van der Waals surface area contributed by atoms with Gasteiger partial charge in [0.2, 0.25) is 5.58 Å². The minimum Gasteiger partial charge on any atom is -0.395 e. The molecule has 7 nitrogen and oxygen atoms in total. The van der Waals surface area contributed by atoms with Crippen molar-refractivity contribution in [2.24, 2.45) is 0 Å². The number of hydrogen-bond acceptors (Lipinski definition) is 6. The highest BCUT2D eigenvalue weighted by Crippen LogP contribution is 2.35. The number of hydrogen-bond donors (Lipinski definition) is 3. The molecule has 0 amide bonds. The Morgan fingerprint density at radius 2 is 2.20 bits per heavy atom. The lowest BCUT2D eigenvalue weighted by atomic mass is 10.0. The van der Waals surface area contributed by atoms with Crippen LogP contribution in [0.15, 0.2) is 9.32 Å². The maximum absolute atomic E-state index is 12.0. The third kappa shape index (κ3) is 2.46. The highest BCUT2D eigenvalue weighted by atomic mass is 16.5. The van der Waals surface area contributed by atoms with Crippen molar-refractivity contribution in [3.8, 4) is 0 Å². The van der Waals surface area contributed by atoms with Crippen molar-refractivity contribution in [2.45, 2.75) is 38.1 Å². The van der Waals surface area contributed by atoms with Crippen LogP contribution in [0.5, 0.6) is 0 Å². The number of aliphatic hydroxyl groups excluding tert-OH is 1. The van der Waals surface area contributed by atoms with Gasteiger partial charge in [-0.15, -0.1) is 0 Å². The molecule has 1 aliphatic rings. The van der Waals surface area contributed by atoms with Crippen LogP contribution in [0.4, 0.5) is 0 Å². The van der Waals surface area contributed by atoms with Gasteiger partial charge in [-0.05, 0) is 12.8 Å². The first-order valence-electron chi connectivity index (χ1n) is 6.99. The standard InChI is InChI=1S/C13H18N4O3/c18-6-5-14-7-9-15-11-10(8-3-1-2-4-8)17-20-12(11)13(19)16-9/h8,14,18H,1-7H2,(H,15,16,19). The second-order valence-corrected chi connectivity index (χ2v) is 5.14. The van der Waals surface area contributed by atoms with Crippen LogP contribution in [-0.2, 0) is 6.54 Å². The minimum absolute atomic E-state index is 0.0487. The summed E-state index contributed by atoms with van der Waals surface area (Å²) >= 11 is 0. The van der Waals surface area contributed by atoms with E-state index in [2.05, 4.69) is 20.4 Å². The Balaban J connectivity index is 1.95. The highest BCUT2D eigenvalue weighted by Gasteiger charge is 2.25. The summed E-state index contributed by atoms with van der Waals surface area (Å²) in [5, 5.41) is 15.8. The zero-order valence-electron chi connectivity index (χ0n) is 11.2. The third-order valence-electron chi connectivity index (χ3n) is 3.73. The monoisotopic (exact) mass is 278 g/mol. The molecule has 0 spiro atoms. The lowest BCUT2D eigenvalue weighted by Gasteiger charge is -2.05. The number of rotatable bonds is 5. The van der Waals surface area contributed by atoms with Gasteiger partial charge in [0, 0.05) is 12.5 Å². The summed E-state index contributed by atoms with van der Waals surface area (Å²) < 4.78 is 5.16. The molecular formula is C13H18N4O3. The molecule has 7 heteroatoms. The summed E-state index contributed by atoms with van der Waals surface area (Å²) in [7, 11) is 0. The summed E-state index contributed by atoms with van der Waals surface area (Å²) in [5.74, 6) is 0.891. The SMILES string of the molecule is O=c1[nH]c(CNCCO)nc2c(C3CCCC3)noc12. The van der Waals surface area contributed by atoms with Crippen molar-refractivity contribution in [1.82, 2.24) is 20.4 Å². The van der Waals surface area contributed by atoms with Gasteiger partial charge >= 0.3 is 0 Å². The number of nitrogens with one attached hydrogen (secondary N) is 2. The van der Waals surface area contributed by atoms with Crippen LogP contribution >= 0.6 is 0 Å². The summed E-state index contributed by atoms with van der Waals surface area (Å²) in [6, 6.07) is 0. The molecule has 2 heterocycles. The molecule has 108 valence electrons. The molecular weight excluding hydrogens is 260 g/mol. The molecule has 0 saturated heterocycles. The zero-order valence-corrected chi connectivity index (χ0v) is 11.2. The molecule has 1 fully saturated rings. The third-order valence-corrected chi connectivity index (χ3v) is 3.73. The molecule has 0 radical (unpaired) electrons. The average molecular weight is 278 g/mol. The highest BCUT2D eigenvalue weighted by molar-refractivity contribution is 5.74. The summed E-state index contributed by atoms with van der Waals surface area (Å²) in [6.07, 6.45) is 4.53. The van der Waals surface area contributed by atoms with Crippen LogP contribution in [-0.4, -0.2) is 33.4 Å².